The molecular formula is C21H38N2O5S. The van der Waals surface area contributed by atoms with E-state index in [2.05, 4.69) is 5.32 Å². The number of hydrogen-bond acceptors (Lipinski definition) is 5. The summed E-state index contributed by atoms with van der Waals surface area (Å²) in [5, 5.41) is 13.5. The van der Waals surface area contributed by atoms with Gasteiger partial charge >= 0.3 is 0 Å². The molecule has 0 saturated heterocycles. The van der Waals surface area contributed by atoms with Crippen molar-refractivity contribution in [2.24, 2.45) is 5.92 Å². The first-order valence-electron chi connectivity index (χ1n) is 11.1. The number of aliphatic hydroxyl groups excluding tert-OH is 1. The lowest BCUT2D eigenvalue weighted by Crippen LogP contribution is -2.55. The minimum Gasteiger partial charge on any atom is -0.381 e. The summed E-state index contributed by atoms with van der Waals surface area (Å²) < 4.78 is 23.0. The molecule has 2 atom stereocenters. The van der Waals surface area contributed by atoms with Crippen molar-refractivity contribution in [2.75, 3.05) is 18.6 Å². The Kier molecular flexibility index (Phi) is 9.40. The van der Waals surface area contributed by atoms with Gasteiger partial charge in [0.2, 0.25) is 5.91 Å². The first-order chi connectivity index (χ1) is 13.7. The van der Waals surface area contributed by atoms with E-state index < -0.39 is 27.9 Å². The van der Waals surface area contributed by atoms with Crippen LogP contribution in [0.25, 0.3) is 0 Å². The third-order valence-electron chi connectivity index (χ3n) is 6.40. The van der Waals surface area contributed by atoms with Crippen molar-refractivity contribution in [2.45, 2.75) is 95.7 Å². The van der Waals surface area contributed by atoms with E-state index in [0.29, 0.717) is 12.5 Å². The van der Waals surface area contributed by atoms with Gasteiger partial charge in [-0.1, -0.05) is 38.5 Å². The van der Waals surface area contributed by atoms with Gasteiger partial charge in [-0.05, 0) is 38.5 Å². The molecule has 2 aliphatic rings. The number of nitrogens with one attached hydrogen (secondary N) is 1. The molecule has 0 radical (unpaired) electrons. The molecule has 2 unspecified atom stereocenters. The summed E-state index contributed by atoms with van der Waals surface area (Å²) in [6, 6.07) is -0.733. The van der Waals surface area contributed by atoms with E-state index in [1.165, 1.54) is 19.3 Å². The number of aliphatic hydroxyl groups is 1. The van der Waals surface area contributed by atoms with Crippen molar-refractivity contribution in [3.8, 4) is 0 Å². The number of carbonyl (C=O) groups is 2. The minimum atomic E-state index is -3.26. The Bertz CT molecular complexity index is 639. The Morgan fingerprint density at radius 2 is 1.59 bits per heavy atom. The summed E-state index contributed by atoms with van der Waals surface area (Å²) >= 11 is 0. The van der Waals surface area contributed by atoms with Gasteiger partial charge in [0, 0.05) is 25.3 Å². The molecule has 2 N–H and O–H groups in total. The fourth-order valence-corrected chi connectivity index (χ4v) is 5.18. The van der Waals surface area contributed by atoms with Crippen LogP contribution in [0.5, 0.6) is 0 Å². The highest BCUT2D eigenvalue weighted by molar-refractivity contribution is 7.90. The quantitative estimate of drug-likeness (QED) is 0.582. The van der Waals surface area contributed by atoms with Gasteiger partial charge in [-0.25, -0.2) is 8.42 Å². The molecule has 0 aromatic heterocycles. The summed E-state index contributed by atoms with van der Waals surface area (Å²) in [6.07, 6.45) is 10.3. The summed E-state index contributed by atoms with van der Waals surface area (Å²) in [5.74, 6) is -0.499. The molecule has 0 aliphatic heterocycles. The SMILES string of the molecule is CC(C(O)C(=O)NCC1CCCCC1)N(C(=O)CCS(C)(=O)=O)C1CCCCC1. The van der Waals surface area contributed by atoms with Crippen LogP contribution in [0.15, 0.2) is 0 Å². The van der Waals surface area contributed by atoms with Gasteiger partial charge < -0.3 is 15.3 Å². The molecule has 2 saturated carbocycles. The monoisotopic (exact) mass is 430 g/mol. The third kappa shape index (κ3) is 7.89. The average Bonchev–Trinajstić information content (AvgIpc) is 2.71. The van der Waals surface area contributed by atoms with Crippen LogP contribution in [0.2, 0.25) is 0 Å². The van der Waals surface area contributed by atoms with E-state index >= 15 is 0 Å². The lowest BCUT2D eigenvalue weighted by atomic mass is 9.89. The summed E-state index contributed by atoms with van der Waals surface area (Å²) in [7, 11) is -3.26. The molecular weight excluding hydrogens is 392 g/mol. The van der Waals surface area contributed by atoms with Crippen molar-refractivity contribution in [1.82, 2.24) is 10.2 Å². The second kappa shape index (κ2) is 11.3. The minimum absolute atomic E-state index is 0.0494. The molecule has 29 heavy (non-hydrogen) atoms. The Balaban J connectivity index is 2.00. The van der Waals surface area contributed by atoms with Crippen LogP contribution >= 0.6 is 0 Å². The maximum atomic E-state index is 12.9. The van der Waals surface area contributed by atoms with E-state index in [1.807, 2.05) is 0 Å². The molecule has 0 bridgehead atoms. The molecule has 7 nitrogen and oxygen atoms in total. The maximum Gasteiger partial charge on any atom is 0.250 e. The third-order valence-corrected chi connectivity index (χ3v) is 7.34. The predicted molar refractivity (Wildman–Crippen MR) is 113 cm³/mol. The second-order valence-electron chi connectivity index (χ2n) is 8.91. The Morgan fingerprint density at radius 3 is 2.14 bits per heavy atom. The van der Waals surface area contributed by atoms with E-state index in [9.17, 15) is 23.1 Å². The zero-order chi connectivity index (χ0) is 21.4. The fourth-order valence-electron chi connectivity index (χ4n) is 4.64. The summed E-state index contributed by atoms with van der Waals surface area (Å²) in [6.45, 7) is 2.26. The number of hydrogen-bond donors (Lipinski definition) is 2. The number of amides is 2. The fraction of sp³-hybridized carbons (Fsp3) is 0.905. The molecule has 2 aliphatic carbocycles. The van der Waals surface area contributed by atoms with E-state index in [-0.39, 0.29) is 24.1 Å². The van der Waals surface area contributed by atoms with Crippen LogP contribution < -0.4 is 5.32 Å². The van der Waals surface area contributed by atoms with Crippen LogP contribution in [0.4, 0.5) is 0 Å². The summed E-state index contributed by atoms with van der Waals surface area (Å²) in [4.78, 5) is 27.0. The van der Waals surface area contributed by atoms with Crippen molar-refractivity contribution in [3.63, 3.8) is 0 Å². The number of nitrogens with zero attached hydrogens (tertiary/aromatic N) is 1. The van der Waals surface area contributed by atoms with Crippen LogP contribution in [-0.2, 0) is 19.4 Å². The van der Waals surface area contributed by atoms with E-state index in [0.717, 1.165) is 51.2 Å². The molecule has 2 rings (SSSR count). The highest BCUT2D eigenvalue weighted by Crippen LogP contribution is 2.26. The van der Waals surface area contributed by atoms with E-state index in [4.69, 9.17) is 0 Å². The van der Waals surface area contributed by atoms with Gasteiger partial charge in [-0.15, -0.1) is 0 Å². The lowest BCUT2D eigenvalue weighted by molar-refractivity contribution is -0.144. The number of carbonyl (C=O) groups excluding carboxylic acids is 2. The van der Waals surface area contributed by atoms with Gasteiger partial charge in [-0.3, -0.25) is 9.59 Å². The second-order valence-corrected chi connectivity index (χ2v) is 11.2. The molecule has 2 fully saturated rings. The van der Waals surface area contributed by atoms with Gasteiger partial charge in [0.1, 0.15) is 9.84 Å². The average molecular weight is 431 g/mol. The first kappa shape index (κ1) is 24.1. The smallest absolute Gasteiger partial charge is 0.250 e. The highest BCUT2D eigenvalue weighted by atomic mass is 32.2. The topological polar surface area (TPSA) is 104 Å². The van der Waals surface area contributed by atoms with Crippen molar-refractivity contribution >= 4 is 21.7 Å². The first-order valence-corrected chi connectivity index (χ1v) is 13.2. The van der Waals surface area contributed by atoms with Crippen molar-refractivity contribution < 1.29 is 23.1 Å². The lowest BCUT2D eigenvalue weighted by Gasteiger charge is -2.40. The molecule has 0 heterocycles. The molecule has 0 aromatic carbocycles. The highest BCUT2D eigenvalue weighted by Gasteiger charge is 2.35. The van der Waals surface area contributed by atoms with Gasteiger partial charge in [-0.2, -0.15) is 0 Å². The van der Waals surface area contributed by atoms with Crippen molar-refractivity contribution in [1.29, 1.82) is 0 Å². The predicted octanol–water partition coefficient (Wildman–Crippen LogP) is 2.03. The van der Waals surface area contributed by atoms with E-state index in [1.54, 1.807) is 11.8 Å². The molecule has 2 amide bonds. The Hall–Kier alpha value is -1.15. The largest absolute Gasteiger partial charge is 0.381 e. The standard InChI is InChI=1S/C21H38N2O5S/c1-16(20(25)21(26)22-15-17-9-5-3-6-10-17)23(18-11-7-4-8-12-18)19(24)13-14-29(2,27)28/h16-18,20,25H,3-15H2,1-2H3,(H,22,26). The van der Waals surface area contributed by atoms with Crippen LogP contribution in [-0.4, -0.2) is 67.0 Å². The van der Waals surface area contributed by atoms with Crippen LogP contribution in [0, 0.1) is 5.92 Å². The normalized spacial score (nSPS) is 21.3. The summed E-state index contributed by atoms with van der Waals surface area (Å²) in [5.41, 5.74) is 0. The zero-order valence-electron chi connectivity index (χ0n) is 17.9. The number of rotatable bonds is 9. The van der Waals surface area contributed by atoms with Gasteiger partial charge in [0.25, 0.3) is 5.91 Å². The van der Waals surface area contributed by atoms with Crippen LogP contribution in [0.1, 0.15) is 77.6 Å². The number of sulfone groups is 1. The Morgan fingerprint density at radius 1 is 1.03 bits per heavy atom. The molecule has 168 valence electrons. The van der Waals surface area contributed by atoms with Crippen LogP contribution in [0.3, 0.4) is 0 Å². The van der Waals surface area contributed by atoms with Gasteiger partial charge in [0.15, 0.2) is 6.10 Å². The molecule has 0 aromatic rings. The maximum absolute atomic E-state index is 12.9. The van der Waals surface area contributed by atoms with Crippen molar-refractivity contribution in [3.05, 3.63) is 0 Å². The van der Waals surface area contributed by atoms with Gasteiger partial charge in [0.05, 0.1) is 11.8 Å². The molecule has 8 heteroatoms. The zero-order valence-corrected chi connectivity index (χ0v) is 18.8. The molecule has 0 spiro atoms. The Labute approximate surface area is 175 Å².